The highest BCUT2D eigenvalue weighted by Gasteiger charge is 2.49. The van der Waals surface area contributed by atoms with Crippen molar-refractivity contribution in [2.75, 3.05) is 0 Å². The van der Waals surface area contributed by atoms with E-state index in [1.165, 1.54) is 0 Å². The third-order valence-electron chi connectivity index (χ3n) is 1.02. The van der Waals surface area contributed by atoms with E-state index in [0.717, 1.165) is 0 Å². The molecule has 1 heterocycles. The number of nitrogens with one attached hydrogen (secondary N) is 2. The first-order valence-corrected chi connectivity index (χ1v) is 2.67. The van der Waals surface area contributed by atoms with Crippen molar-refractivity contribution in [3.05, 3.63) is 0 Å². The highest BCUT2D eigenvalue weighted by Crippen LogP contribution is 2.26. The molecule has 0 aliphatic carbocycles. The Balaban J connectivity index is 2.44. The molecular formula is C3H4ClF3N2. The number of rotatable bonds is 0. The van der Waals surface area contributed by atoms with Crippen LogP contribution in [0.2, 0.25) is 0 Å². The van der Waals surface area contributed by atoms with Crippen LogP contribution in [0.4, 0.5) is 13.2 Å². The standard InChI is InChI=1S/C3H4ClF3N2/c4-2-1(8-9-2)3(5,6)7/h1-2,8-9H/t1-,2?/m0/s1. The zero-order chi connectivity index (χ0) is 7.07. The van der Waals surface area contributed by atoms with Gasteiger partial charge in [0.05, 0.1) is 0 Å². The van der Waals surface area contributed by atoms with Gasteiger partial charge in [-0.05, 0) is 0 Å². The molecule has 6 heteroatoms. The highest BCUT2D eigenvalue weighted by atomic mass is 35.5. The van der Waals surface area contributed by atoms with E-state index in [9.17, 15) is 13.2 Å². The first kappa shape index (κ1) is 7.11. The van der Waals surface area contributed by atoms with Crippen molar-refractivity contribution in [2.45, 2.75) is 17.7 Å². The van der Waals surface area contributed by atoms with Gasteiger partial charge in [0, 0.05) is 0 Å². The van der Waals surface area contributed by atoms with Gasteiger partial charge in [-0.1, -0.05) is 0 Å². The van der Waals surface area contributed by atoms with Gasteiger partial charge in [0.2, 0.25) is 0 Å². The molecular weight excluding hydrogens is 156 g/mol. The normalized spacial score (nSPS) is 36.0. The molecule has 0 radical (unpaired) electrons. The van der Waals surface area contributed by atoms with Crippen LogP contribution in [-0.4, -0.2) is 17.7 Å². The highest BCUT2D eigenvalue weighted by molar-refractivity contribution is 6.21. The minimum atomic E-state index is -4.24. The predicted octanol–water partition coefficient (Wildman–Crippen LogP) is 0.590. The summed E-state index contributed by atoms with van der Waals surface area (Å²) in [5.41, 5.74) is 3.07. The summed E-state index contributed by atoms with van der Waals surface area (Å²) in [6.07, 6.45) is -4.24. The van der Waals surface area contributed by atoms with Crippen LogP contribution < -0.4 is 10.9 Å². The van der Waals surface area contributed by atoms with Crippen molar-refractivity contribution in [3.8, 4) is 0 Å². The van der Waals surface area contributed by atoms with Crippen LogP contribution in [0.5, 0.6) is 0 Å². The smallest absolute Gasteiger partial charge is 0.242 e. The Morgan fingerprint density at radius 1 is 1.22 bits per heavy atom. The van der Waals surface area contributed by atoms with Crippen molar-refractivity contribution in [3.63, 3.8) is 0 Å². The van der Waals surface area contributed by atoms with E-state index in [-0.39, 0.29) is 0 Å². The maximum atomic E-state index is 11.6. The zero-order valence-corrected chi connectivity index (χ0v) is 4.92. The van der Waals surface area contributed by atoms with Gasteiger partial charge in [-0.15, -0.1) is 11.6 Å². The molecule has 0 aromatic rings. The Bertz CT molecular complexity index is 114. The van der Waals surface area contributed by atoms with Crippen molar-refractivity contribution < 1.29 is 13.2 Å². The number of halogens is 4. The largest absolute Gasteiger partial charge is 0.407 e. The van der Waals surface area contributed by atoms with E-state index >= 15 is 0 Å². The summed E-state index contributed by atoms with van der Waals surface area (Å²) in [7, 11) is 0. The van der Waals surface area contributed by atoms with Gasteiger partial charge in [-0.3, -0.25) is 0 Å². The number of alkyl halides is 4. The lowest BCUT2D eigenvalue weighted by molar-refractivity contribution is -0.178. The fourth-order valence-electron chi connectivity index (χ4n) is 0.477. The fraction of sp³-hybridized carbons (Fsp3) is 1.00. The molecule has 0 saturated carbocycles. The summed E-state index contributed by atoms with van der Waals surface area (Å²) in [4.78, 5) is 0. The number of hydrogen-bond acceptors (Lipinski definition) is 2. The van der Waals surface area contributed by atoms with Gasteiger partial charge in [0.15, 0.2) is 0 Å². The molecule has 0 amide bonds. The quantitative estimate of drug-likeness (QED) is 0.400. The van der Waals surface area contributed by atoms with Crippen molar-refractivity contribution in [1.82, 2.24) is 10.9 Å². The van der Waals surface area contributed by atoms with Crippen molar-refractivity contribution in [1.29, 1.82) is 0 Å². The second kappa shape index (κ2) is 2.00. The summed E-state index contributed by atoms with van der Waals surface area (Å²) in [6.45, 7) is 0. The predicted molar refractivity (Wildman–Crippen MR) is 25.8 cm³/mol. The third kappa shape index (κ3) is 1.28. The van der Waals surface area contributed by atoms with Crippen LogP contribution in [0.3, 0.4) is 0 Å². The molecule has 1 aliphatic rings. The Morgan fingerprint density at radius 3 is 1.78 bits per heavy atom. The average molecular weight is 161 g/mol. The monoisotopic (exact) mass is 160 g/mol. The van der Waals surface area contributed by atoms with Crippen LogP contribution in [-0.2, 0) is 0 Å². The molecule has 0 spiro atoms. The van der Waals surface area contributed by atoms with E-state index in [2.05, 4.69) is 5.43 Å². The lowest BCUT2D eigenvalue weighted by atomic mass is 10.2. The lowest BCUT2D eigenvalue weighted by Gasteiger charge is -2.35. The third-order valence-corrected chi connectivity index (χ3v) is 1.38. The summed E-state index contributed by atoms with van der Waals surface area (Å²) < 4.78 is 34.7. The summed E-state index contributed by atoms with van der Waals surface area (Å²) in [6, 6.07) is -1.60. The summed E-state index contributed by atoms with van der Waals surface area (Å²) >= 11 is 5.11. The second-order valence-electron chi connectivity index (χ2n) is 1.71. The van der Waals surface area contributed by atoms with Gasteiger partial charge < -0.3 is 0 Å². The van der Waals surface area contributed by atoms with E-state index in [0.29, 0.717) is 0 Å². The molecule has 2 nitrogen and oxygen atoms in total. The molecule has 1 saturated heterocycles. The molecule has 9 heavy (non-hydrogen) atoms. The number of hydrazine groups is 1. The zero-order valence-electron chi connectivity index (χ0n) is 4.17. The van der Waals surface area contributed by atoms with Crippen LogP contribution in [0, 0.1) is 0 Å². The molecule has 2 N–H and O–H groups in total. The maximum absolute atomic E-state index is 11.6. The van der Waals surface area contributed by atoms with Gasteiger partial charge in [0.25, 0.3) is 0 Å². The Hall–Kier alpha value is 0. The van der Waals surface area contributed by atoms with Gasteiger partial charge in [-0.25, -0.2) is 10.9 Å². The topological polar surface area (TPSA) is 24.1 Å². The molecule has 1 aliphatic heterocycles. The van der Waals surface area contributed by atoms with Gasteiger partial charge in [0.1, 0.15) is 11.5 Å². The van der Waals surface area contributed by atoms with Crippen LogP contribution in [0.25, 0.3) is 0 Å². The minimum Gasteiger partial charge on any atom is -0.242 e. The van der Waals surface area contributed by atoms with Crippen LogP contribution >= 0.6 is 11.6 Å². The van der Waals surface area contributed by atoms with Gasteiger partial charge >= 0.3 is 6.18 Å². The second-order valence-corrected chi connectivity index (χ2v) is 2.18. The molecule has 1 rings (SSSR count). The molecule has 54 valence electrons. The molecule has 0 aromatic heterocycles. The number of hydrogen-bond donors (Lipinski definition) is 2. The molecule has 1 unspecified atom stereocenters. The Labute approximate surface area is 54.3 Å². The fourth-order valence-corrected chi connectivity index (χ4v) is 0.746. The Morgan fingerprint density at radius 2 is 1.78 bits per heavy atom. The van der Waals surface area contributed by atoms with Crippen molar-refractivity contribution >= 4 is 11.6 Å². The van der Waals surface area contributed by atoms with Crippen LogP contribution in [0.1, 0.15) is 0 Å². The lowest BCUT2D eigenvalue weighted by Crippen LogP contribution is -2.70. The molecule has 0 bridgehead atoms. The molecule has 1 fully saturated rings. The molecule has 0 aromatic carbocycles. The SMILES string of the molecule is FC(F)(F)[C@H]1NNC1Cl. The van der Waals surface area contributed by atoms with Crippen LogP contribution in [0.15, 0.2) is 0 Å². The van der Waals surface area contributed by atoms with Gasteiger partial charge in [-0.2, -0.15) is 13.2 Å². The first-order chi connectivity index (χ1) is 4.02. The van der Waals surface area contributed by atoms with E-state index in [1.54, 1.807) is 0 Å². The maximum Gasteiger partial charge on any atom is 0.407 e. The molecule has 2 atom stereocenters. The Kier molecular flexibility index (Phi) is 1.58. The summed E-state index contributed by atoms with van der Waals surface area (Å²) in [5, 5.41) is 0. The summed E-state index contributed by atoms with van der Waals surface area (Å²) in [5.74, 6) is 0. The van der Waals surface area contributed by atoms with E-state index < -0.39 is 17.7 Å². The van der Waals surface area contributed by atoms with E-state index in [1.807, 2.05) is 5.43 Å². The first-order valence-electron chi connectivity index (χ1n) is 2.23. The van der Waals surface area contributed by atoms with E-state index in [4.69, 9.17) is 11.6 Å². The van der Waals surface area contributed by atoms with Crippen molar-refractivity contribution in [2.24, 2.45) is 0 Å². The minimum absolute atomic E-state index is 1.02. The average Bonchev–Trinajstić information content (AvgIpc) is 1.57.